The van der Waals surface area contributed by atoms with E-state index in [1.54, 1.807) is 11.3 Å². The molecule has 0 aliphatic carbocycles. The molecule has 3 nitrogen and oxygen atoms in total. The quantitative estimate of drug-likeness (QED) is 0.698. The molecule has 1 rings (SSSR count). The van der Waals surface area contributed by atoms with E-state index in [1.165, 1.54) is 29.8 Å². The van der Waals surface area contributed by atoms with Crippen LogP contribution in [0.2, 0.25) is 0 Å². The fraction of sp³-hybridized carbons (Fsp3) is 0.786. The monoisotopic (exact) mass is 269 g/mol. The highest BCUT2D eigenvalue weighted by Gasteiger charge is 2.15. The molecule has 1 heterocycles. The van der Waals surface area contributed by atoms with Crippen LogP contribution in [0.25, 0.3) is 0 Å². The minimum Gasteiger partial charge on any atom is -0.315 e. The number of nitrogens with zero attached hydrogens (tertiary/aromatic N) is 2. The molecule has 104 valence electrons. The molecule has 0 spiro atoms. The molecule has 1 aromatic rings. The van der Waals surface area contributed by atoms with Crippen LogP contribution in [0.5, 0.6) is 0 Å². The fourth-order valence-electron chi connectivity index (χ4n) is 2.09. The average Bonchev–Trinajstić information content (AvgIpc) is 2.74. The van der Waals surface area contributed by atoms with Gasteiger partial charge in [0.15, 0.2) is 0 Å². The molecule has 0 saturated heterocycles. The Bertz CT molecular complexity index is 325. The summed E-state index contributed by atoms with van der Waals surface area (Å²) in [6, 6.07) is 0.628. The highest BCUT2D eigenvalue weighted by atomic mass is 32.1. The molecule has 1 aromatic heterocycles. The first-order chi connectivity index (χ1) is 8.69. The van der Waals surface area contributed by atoms with Gasteiger partial charge in [0.2, 0.25) is 0 Å². The van der Waals surface area contributed by atoms with Gasteiger partial charge in [-0.1, -0.05) is 20.3 Å². The third-order valence-electron chi connectivity index (χ3n) is 3.29. The predicted octanol–water partition coefficient (Wildman–Crippen LogP) is 3.05. The number of rotatable bonds is 9. The lowest BCUT2D eigenvalue weighted by Gasteiger charge is -2.28. The Kier molecular flexibility index (Phi) is 7.47. The number of aromatic nitrogens is 1. The Morgan fingerprint density at radius 3 is 2.72 bits per heavy atom. The Balaban J connectivity index is 2.48. The molecule has 0 fully saturated rings. The first-order valence-electron chi connectivity index (χ1n) is 6.98. The molecule has 4 heteroatoms. The van der Waals surface area contributed by atoms with E-state index in [9.17, 15) is 0 Å². The van der Waals surface area contributed by atoms with Gasteiger partial charge in [0, 0.05) is 24.0 Å². The summed E-state index contributed by atoms with van der Waals surface area (Å²) in [5.74, 6) is 0. The first kappa shape index (κ1) is 15.6. The van der Waals surface area contributed by atoms with Crippen molar-refractivity contribution >= 4 is 11.3 Å². The van der Waals surface area contributed by atoms with Gasteiger partial charge in [0.1, 0.15) is 0 Å². The van der Waals surface area contributed by atoms with Crippen LogP contribution in [-0.4, -0.2) is 36.1 Å². The molecule has 0 amide bonds. The van der Waals surface area contributed by atoms with Gasteiger partial charge in [-0.2, -0.15) is 0 Å². The van der Waals surface area contributed by atoms with Crippen molar-refractivity contribution in [2.24, 2.45) is 0 Å². The van der Waals surface area contributed by atoms with Crippen molar-refractivity contribution in [3.8, 4) is 0 Å². The Hall–Kier alpha value is -0.450. The zero-order valence-corrected chi connectivity index (χ0v) is 13.0. The summed E-state index contributed by atoms with van der Waals surface area (Å²) >= 11 is 1.77. The lowest BCUT2D eigenvalue weighted by atomic mass is 10.1. The SMILES string of the molecule is CCCNCC(CCC)N(C)Cc1scnc1C. The summed E-state index contributed by atoms with van der Waals surface area (Å²) < 4.78 is 0. The average molecular weight is 269 g/mol. The normalized spacial score (nSPS) is 13.2. The number of hydrogen-bond donors (Lipinski definition) is 1. The number of likely N-dealkylation sites (N-methyl/N-ethyl adjacent to an activating group) is 1. The van der Waals surface area contributed by atoms with E-state index >= 15 is 0 Å². The molecular weight excluding hydrogens is 242 g/mol. The van der Waals surface area contributed by atoms with Crippen LogP contribution in [0, 0.1) is 6.92 Å². The molecule has 1 unspecified atom stereocenters. The zero-order chi connectivity index (χ0) is 13.4. The minimum absolute atomic E-state index is 0.628. The summed E-state index contributed by atoms with van der Waals surface area (Å²) in [6.07, 6.45) is 3.70. The van der Waals surface area contributed by atoms with Crippen molar-refractivity contribution in [1.82, 2.24) is 15.2 Å². The van der Waals surface area contributed by atoms with Crippen LogP contribution in [0.3, 0.4) is 0 Å². The van der Waals surface area contributed by atoms with Crippen molar-refractivity contribution < 1.29 is 0 Å². The molecule has 0 aliphatic rings. The molecule has 1 N–H and O–H groups in total. The standard InChI is InChI=1S/C14H27N3S/c1-5-7-13(9-15-8-6-2)17(4)10-14-12(3)16-11-18-14/h11,13,15H,5-10H2,1-4H3. The van der Waals surface area contributed by atoms with E-state index in [1.807, 2.05) is 5.51 Å². The van der Waals surface area contributed by atoms with Crippen LogP contribution in [0.4, 0.5) is 0 Å². The maximum atomic E-state index is 4.33. The second-order valence-electron chi connectivity index (χ2n) is 4.92. The van der Waals surface area contributed by atoms with Gasteiger partial charge in [-0.25, -0.2) is 4.98 Å². The van der Waals surface area contributed by atoms with E-state index in [4.69, 9.17) is 0 Å². The van der Waals surface area contributed by atoms with Gasteiger partial charge in [0.25, 0.3) is 0 Å². The molecule has 0 aliphatic heterocycles. The maximum absolute atomic E-state index is 4.33. The van der Waals surface area contributed by atoms with Gasteiger partial charge < -0.3 is 5.32 Å². The summed E-state index contributed by atoms with van der Waals surface area (Å²) in [5, 5.41) is 3.54. The summed E-state index contributed by atoms with van der Waals surface area (Å²) in [7, 11) is 2.23. The smallest absolute Gasteiger partial charge is 0.0798 e. The summed E-state index contributed by atoms with van der Waals surface area (Å²) in [4.78, 5) is 8.19. The zero-order valence-electron chi connectivity index (χ0n) is 12.2. The van der Waals surface area contributed by atoms with Gasteiger partial charge in [-0.05, 0) is 33.4 Å². The van der Waals surface area contributed by atoms with Crippen LogP contribution < -0.4 is 5.32 Å². The van der Waals surface area contributed by atoms with Crippen LogP contribution in [-0.2, 0) is 6.54 Å². The van der Waals surface area contributed by atoms with Gasteiger partial charge in [-0.15, -0.1) is 11.3 Å². The molecule has 0 radical (unpaired) electrons. The second kappa shape index (κ2) is 8.62. The van der Waals surface area contributed by atoms with E-state index in [0.717, 1.165) is 19.6 Å². The topological polar surface area (TPSA) is 28.2 Å². The van der Waals surface area contributed by atoms with E-state index < -0.39 is 0 Å². The van der Waals surface area contributed by atoms with Gasteiger partial charge in [-0.3, -0.25) is 4.90 Å². The molecule has 1 atom stereocenters. The first-order valence-corrected chi connectivity index (χ1v) is 7.86. The third kappa shape index (κ3) is 5.04. The number of hydrogen-bond acceptors (Lipinski definition) is 4. The molecular formula is C14H27N3S. The van der Waals surface area contributed by atoms with Gasteiger partial charge >= 0.3 is 0 Å². The van der Waals surface area contributed by atoms with E-state index in [2.05, 4.69) is 43.0 Å². The summed E-state index contributed by atoms with van der Waals surface area (Å²) in [5.41, 5.74) is 3.13. The van der Waals surface area contributed by atoms with Crippen molar-refractivity contribution in [2.45, 2.75) is 52.6 Å². The number of nitrogens with one attached hydrogen (secondary N) is 1. The number of thiazole rings is 1. The van der Waals surface area contributed by atoms with E-state index in [0.29, 0.717) is 6.04 Å². The molecule has 0 saturated carbocycles. The molecule has 0 bridgehead atoms. The van der Waals surface area contributed by atoms with Crippen LogP contribution in [0.1, 0.15) is 43.7 Å². The Morgan fingerprint density at radius 2 is 2.17 bits per heavy atom. The molecule has 18 heavy (non-hydrogen) atoms. The highest BCUT2D eigenvalue weighted by molar-refractivity contribution is 7.09. The minimum atomic E-state index is 0.628. The number of aryl methyl sites for hydroxylation is 1. The Morgan fingerprint density at radius 1 is 1.39 bits per heavy atom. The summed E-state index contributed by atoms with van der Waals surface area (Å²) in [6.45, 7) is 9.81. The van der Waals surface area contributed by atoms with E-state index in [-0.39, 0.29) is 0 Å². The maximum Gasteiger partial charge on any atom is 0.0798 e. The highest BCUT2D eigenvalue weighted by Crippen LogP contribution is 2.16. The fourth-order valence-corrected chi connectivity index (χ4v) is 2.93. The van der Waals surface area contributed by atoms with Gasteiger partial charge in [0.05, 0.1) is 11.2 Å². The van der Waals surface area contributed by atoms with Crippen molar-refractivity contribution in [3.63, 3.8) is 0 Å². The van der Waals surface area contributed by atoms with Crippen molar-refractivity contribution in [2.75, 3.05) is 20.1 Å². The van der Waals surface area contributed by atoms with Crippen LogP contribution in [0.15, 0.2) is 5.51 Å². The third-order valence-corrected chi connectivity index (χ3v) is 4.21. The Labute approximate surface area is 116 Å². The molecule has 0 aromatic carbocycles. The van der Waals surface area contributed by atoms with Crippen molar-refractivity contribution in [3.05, 3.63) is 16.1 Å². The lowest BCUT2D eigenvalue weighted by molar-refractivity contribution is 0.216. The van der Waals surface area contributed by atoms with Crippen LogP contribution >= 0.6 is 11.3 Å². The largest absolute Gasteiger partial charge is 0.315 e. The second-order valence-corrected chi connectivity index (χ2v) is 5.86. The predicted molar refractivity (Wildman–Crippen MR) is 80.2 cm³/mol. The lowest BCUT2D eigenvalue weighted by Crippen LogP contribution is -2.39. The van der Waals surface area contributed by atoms with Crippen molar-refractivity contribution in [1.29, 1.82) is 0 Å².